The van der Waals surface area contributed by atoms with Crippen molar-refractivity contribution in [2.24, 2.45) is 0 Å². The molecule has 1 N–H and O–H groups in total. The van der Waals surface area contributed by atoms with Crippen LogP contribution in [-0.4, -0.2) is 34.5 Å². The number of hydrogen-bond acceptors (Lipinski definition) is 5. The van der Waals surface area contributed by atoms with Gasteiger partial charge < -0.3 is 9.84 Å². The molecule has 0 unspecified atom stereocenters. The van der Waals surface area contributed by atoms with E-state index in [1.807, 2.05) is 0 Å². The van der Waals surface area contributed by atoms with Crippen LogP contribution in [-0.2, 0) is 4.74 Å². The molecule has 1 aromatic heterocycles. The van der Waals surface area contributed by atoms with Gasteiger partial charge in [-0.3, -0.25) is 0 Å². The number of aromatic nitrogens is 2. The van der Waals surface area contributed by atoms with Gasteiger partial charge in [0.2, 0.25) is 0 Å². The minimum atomic E-state index is -0.716. The predicted molar refractivity (Wildman–Crippen MR) is 51.9 cm³/mol. The average Bonchev–Trinajstić information content (AvgIpc) is 2.26. The van der Waals surface area contributed by atoms with E-state index in [0.717, 1.165) is 0 Å². The summed E-state index contributed by atoms with van der Waals surface area (Å²) >= 11 is 0. The molecule has 0 aliphatic carbocycles. The predicted octanol–water partition coefficient (Wildman–Crippen LogP) is -0.00450. The fourth-order valence-corrected chi connectivity index (χ4v) is 0.791. The highest BCUT2D eigenvalue weighted by Crippen LogP contribution is 1.97. The van der Waals surface area contributed by atoms with Crippen LogP contribution in [0.4, 0.5) is 0 Å². The van der Waals surface area contributed by atoms with Crippen LogP contribution in [0.25, 0.3) is 0 Å². The Balaban J connectivity index is 2.83. The molecule has 0 aromatic carbocycles. The van der Waals surface area contributed by atoms with Crippen LogP contribution >= 0.6 is 0 Å². The molecule has 0 saturated heterocycles. The summed E-state index contributed by atoms with van der Waals surface area (Å²) in [5, 5.41) is 16.2. The first-order chi connectivity index (χ1) is 7.13. The van der Waals surface area contributed by atoms with Crippen LogP contribution < -0.4 is 0 Å². The lowest BCUT2D eigenvalue weighted by molar-refractivity contribution is 0.0592. The summed E-state index contributed by atoms with van der Waals surface area (Å²) in [5.74, 6) is 4.57. The van der Waals surface area contributed by atoms with Gasteiger partial charge in [0, 0.05) is 0 Å². The summed E-state index contributed by atoms with van der Waals surface area (Å²) in [5.41, 5.74) is 0.517. The molecule has 0 fully saturated rings. The van der Waals surface area contributed by atoms with Crippen LogP contribution in [0.1, 0.15) is 23.1 Å². The van der Waals surface area contributed by atoms with E-state index >= 15 is 0 Å². The third-order valence-corrected chi connectivity index (χ3v) is 1.47. The van der Waals surface area contributed by atoms with Crippen molar-refractivity contribution in [2.45, 2.75) is 13.0 Å². The van der Waals surface area contributed by atoms with Crippen LogP contribution in [0.5, 0.6) is 0 Å². The molecule has 5 nitrogen and oxygen atoms in total. The molecule has 1 rings (SSSR count). The highest BCUT2D eigenvalue weighted by atomic mass is 16.5. The largest absolute Gasteiger partial charge is 0.464 e. The van der Waals surface area contributed by atoms with Crippen LogP contribution in [0.2, 0.25) is 0 Å². The van der Waals surface area contributed by atoms with Crippen molar-refractivity contribution in [1.29, 1.82) is 0 Å². The second-order valence-electron chi connectivity index (χ2n) is 2.74. The lowest BCUT2D eigenvalue weighted by Crippen LogP contribution is -2.05. The van der Waals surface area contributed by atoms with E-state index in [4.69, 9.17) is 5.11 Å². The van der Waals surface area contributed by atoms with E-state index < -0.39 is 12.1 Å². The molecule has 1 aromatic rings. The zero-order chi connectivity index (χ0) is 11.3. The number of carbonyl (C=O) groups excluding carboxylic acids is 1. The minimum absolute atomic E-state index is 0.125. The summed E-state index contributed by atoms with van der Waals surface area (Å²) in [6, 6.07) is 3.00. The normalized spacial score (nSPS) is 11.1. The fourth-order valence-electron chi connectivity index (χ4n) is 0.791. The van der Waals surface area contributed by atoms with Gasteiger partial charge in [0.25, 0.3) is 0 Å². The average molecular weight is 206 g/mol. The molecule has 0 aliphatic heterocycles. The molecule has 5 heteroatoms. The smallest absolute Gasteiger partial charge is 0.358 e. The number of hydrogen-bond donors (Lipinski definition) is 1. The topological polar surface area (TPSA) is 72.3 Å². The zero-order valence-corrected chi connectivity index (χ0v) is 8.39. The molecule has 15 heavy (non-hydrogen) atoms. The second kappa shape index (κ2) is 5.08. The van der Waals surface area contributed by atoms with E-state index in [2.05, 4.69) is 26.8 Å². The van der Waals surface area contributed by atoms with Gasteiger partial charge in [-0.1, -0.05) is 5.92 Å². The van der Waals surface area contributed by atoms with Crippen molar-refractivity contribution in [3.8, 4) is 11.8 Å². The fraction of sp³-hybridized carbons (Fsp3) is 0.300. The van der Waals surface area contributed by atoms with Crippen molar-refractivity contribution in [1.82, 2.24) is 10.2 Å². The Morgan fingerprint density at radius 2 is 2.27 bits per heavy atom. The summed E-state index contributed by atoms with van der Waals surface area (Å²) < 4.78 is 4.46. The lowest BCUT2D eigenvalue weighted by atomic mass is 10.3. The molecule has 0 bridgehead atoms. The summed E-state index contributed by atoms with van der Waals surface area (Å²) in [7, 11) is 1.27. The molecule has 1 heterocycles. The molecule has 0 saturated carbocycles. The summed E-state index contributed by atoms with van der Waals surface area (Å²) in [6.07, 6.45) is -0.716. The number of nitrogens with zero attached hydrogens (tertiary/aromatic N) is 2. The molecular formula is C10H10N2O3. The van der Waals surface area contributed by atoms with E-state index in [9.17, 15) is 4.79 Å². The second-order valence-corrected chi connectivity index (χ2v) is 2.74. The maximum absolute atomic E-state index is 11.0. The van der Waals surface area contributed by atoms with Gasteiger partial charge in [-0.2, -0.15) is 0 Å². The third kappa shape index (κ3) is 3.37. The first-order valence-corrected chi connectivity index (χ1v) is 4.25. The van der Waals surface area contributed by atoms with Crippen molar-refractivity contribution in [3.05, 3.63) is 23.5 Å². The Kier molecular flexibility index (Phi) is 3.77. The molecule has 0 spiro atoms. The highest BCUT2D eigenvalue weighted by molar-refractivity contribution is 5.86. The molecule has 0 radical (unpaired) electrons. The molecule has 78 valence electrons. The first-order valence-electron chi connectivity index (χ1n) is 4.25. The number of ether oxygens (including phenoxy) is 1. The Morgan fingerprint density at radius 1 is 1.53 bits per heavy atom. The van der Waals surface area contributed by atoms with Crippen molar-refractivity contribution < 1.29 is 14.6 Å². The Morgan fingerprint density at radius 3 is 2.73 bits per heavy atom. The van der Waals surface area contributed by atoms with E-state index in [0.29, 0.717) is 5.69 Å². The van der Waals surface area contributed by atoms with Crippen molar-refractivity contribution in [2.75, 3.05) is 7.11 Å². The number of carbonyl (C=O) groups is 1. The summed E-state index contributed by atoms with van der Waals surface area (Å²) in [6.45, 7) is 1.54. The van der Waals surface area contributed by atoms with Gasteiger partial charge in [0.1, 0.15) is 11.8 Å². The number of aliphatic hydroxyl groups excluding tert-OH is 1. The lowest BCUT2D eigenvalue weighted by Gasteiger charge is -1.96. The number of rotatable bonds is 1. The molecular weight excluding hydrogens is 196 g/mol. The van der Waals surface area contributed by atoms with Gasteiger partial charge in [0.05, 0.1) is 7.11 Å². The maximum atomic E-state index is 11.0. The van der Waals surface area contributed by atoms with Crippen LogP contribution in [0.3, 0.4) is 0 Å². The van der Waals surface area contributed by atoms with Crippen molar-refractivity contribution >= 4 is 5.97 Å². The molecule has 0 aliphatic rings. The monoisotopic (exact) mass is 206 g/mol. The van der Waals surface area contributed by atoms with Crippen LogP contribution in [0, 0.1) is 11.8 Å². The van der Waals surface area contributed by atoms with Gasteiger partial charge in [-0.15, -0.1) is 10.2 Å². The van der Waals surface area contributed by atoms with Gasteiger partial charge >= 0.3 is 5.97 Å². The summed E-state index contributed by atoms with van der Waals surface area (Å²) in [4.78, 5) is 11.0. The van der Waals surface area contributed by atoms with E-state index in [1.165, 1.54) is 19.2 Å². The first kappa shape index (κ1) is 11.1. The van der Waals surface area contributed by atoms with E-state index in [1.54, 1.807) is 6.92 Å². The van der Waals surface area contributed by atoms with Crippen molar-refractivity contribution in [3.63, 3.8) is 0 Å². The Labute approximate surface area is 87.1 Å². The standard InChI is InChI=1S/C10H10N2O3/c1-7(13)3-4-8-5-6-9(12-11-8)10(14)15-2/h5-7,13H,1-2H3/t7-/m0/s1. The van der Waals surface area contributed by atoms with Gasteiger partial charge in [-0.05, 0) is 25.0 Å². The number of aliphatic hydroxyl groups is 1. The maximum Gasteiger partial charge on any atom is 0.358 e. The number of methoxy groups -OCH3 is 1. The highest BCUT2D eigenvalue weighted by Gasteiger charge is 2.06. The SMILES string of the molecule is COC(=O)c1ccc(C#C[C@H](C)O)nn1. The van der Waals surface area contributed by atoms with Gasteiger partial charge in [-0.25, -0.2) is 4.79 Å². The molecule has 1 atom stereocenters. The Bertz CT molecular complexity index is 401. The quantitative estimate of drug-likeness (QED) is 0.517. The molecule has 0 amide bonds. The van der Waals surface area contributed by atoms with E-state index in [-0.39, 0.29) is 5.69 Å². The van der Waals surface area contributed by atoms with Crippen LogP contribution in [0.15, 0.2) is 12.1 Å². The van der Waals surface area contributed by atoms with Gasteiger partial charge in [0.15, 0.2) is 5.69 Å². The zero-order valence-electron chi connectivity index (χ0n) is 8.39. The Hall–Kier alpha value is -1.93. The number of esters is 1. The third-order valence-electron chi connectivity index (χ3n) is 1.47. The minimum Gasteiger partial charge on any atom is -0.464 e.